The van der Waals surface area contributed by atoms with Gasteiger partial charge in [-0.25, -0.2) is 0 Å². The second kappa shape index (κ2) is 5.85. The molecule has 1 aliphatic rings. The lowest BCUT2D eigenvalue weighted by atomic mass is 9.96. The minimum atomic E-state index is 0.00614. The van der Waals surface area contributed by atoms with Crippen molar-refractivity contribution < 1.29 is 9.26 Å². The molecule has 5 nitrogen and oxygen atoms in total. The molecule has 0 amide bonds. The average molecular weight is 287 g/mol. The van der Waals surface area contributed by atoms with Crippen molar-refractivity contribution in [1.29, 1.82) is 0 Å². The second-order valence-electron chi connectivity index (χ2n) is 5.68. The molecule has 0 fully saturated rings. The van der Waals surface area contributed by atoms with Crippen LogP contribution in [0.25, 0.3) is 0 Å². The van der Waals surface area contributed by atoms with Gasteiger partial charge >= 0.3 is 0 Å². The monoisotopic (exact) mass is 287 g/mol. The molecule has 5 heteroatoms. The highest BCUT2D eigenvalue weighted by Crippen LogP contribution is 2.31. The van der Waals surface area contributed by atoms with E-state index in [2.05, 4.69) is 23.1 Å². The van der Waals surface area contributed by atoms with Gasteiger partial charge < -0.3 is 15.0 Å². The molecule has 3 rings (SSSR count). The summed E-state index contributed by atoms with van der Waals surface area (Å²) in [5, 5.41) is 4.14. The van der Waals surface area contributed by atoms with E-state index in [1.54, 1.807) is 0 Å². The molecule has 112 valence electrons. The summed E-state index contributed by atoms with van der Waals surface area (Å²) < 4.78 is 11.2. The van der Waals surface area contributed by atoms with Crippen molar-refractivity contribution in [1.82, 2.24) is 10.1 Å². The quantitative estimate of drug-likeness (QED) is 0.935. The van der Waals surface area contributed by atoms with E-state index in [1.165, 1.54) is 5.56 Å². The first kappa shape index (κ1) is 14.1. The van der Waals surface area contributed by atoms with Crippen molar-refractivity contribution in [3.8, 4) is 5.75 Å². The van der Waals surface area contributed by atoms with Crippen LogP contribution in [0.1, 0.15) is 49.4 Å². The lowest BCUT2D eigenvalue weighted by Gasteiger charge is -2.22. The van der Waals surface area contributed by atoms with Gasteiger partial charge in [0.15, 0.2) is 5.82 Å². The summed E-state index contributed by atoms with van der Waals surface area (Å²) in [4.78, 5) is 4.56. The molecule has 2 N–H and O–H groups in total. The van der Waals surface area contributed by atoms with Crippen LogP contribution in [0.15, 0.2) is 28.8 Å². The predicted molar refractivity (Wildman–Crippen MR) is 79.4 cm³/mol. The van der Waals surface area contributed by atoms with Crippen molar-refractivity contribution in [2.45, 2.75) is 44.6 Å². The summed E-state index contributed by atoms with van der Waals surface area (Å²) in [6.07, 6.45) is 1.77. The minimum Gasteiger partial charge on any atom is -0.493 e. The summed E-state index contributed by atoms with van der Waals surface area (Å²) >= 11 is 0. The Bertz CT molecular complexity index is 609. The van der Waals surface area contributed by atoms with Crippen LogP contribution in [0.5, 0.6) is 5.75 Å². The largest absolute Gasteiger partial charge is 0.493 e. The zero-order chi connectivity index (χ0) is 14.8. The number of nitrogens with zero attached hydrogens (tertiary/aromatic N) is 2. The summed E-state index contributed by atoms with van der Waals surface area (Å²) in [5.74, 6) is 2.57. The molecule has 0 radical (unpaired) electrons. The van der Waals surface area contributed by atoms with Crippen molar-refractivity contribution in [2.75, 3.05) is 6.61 Å². The first-order valence-corrected chi connectivity index (χ1v) is 7.48. The first-order valence-electron chi connectivity index (χ1n) is 7.48. The molecular formula is C16H21N3O2. The number of rotatable bonds is 4. The number of aromatic nitrogens is 2. The highest BCUT2D eigenvalue weighted by molar-refractivity contribution is 5.36. The molecular weight excluding hydrogens is 266 g/mol. The summed E-state index contributed by atoms with van der Waals surface area (Å²) in [6.45, 7) is 4.64. The van der Waals surface area contributed by atoms with E-state index >= 15 is 0 Å². The number of fused-ring (bicyclic) bond motifs is 1. The van der Waals surface area contributed by atoms with Crippen molar-refractivity contribution in [3.63, 3.8) is 0 Å². The van der Waals surface area contributed by atoms with Gasteiger partial charge in [0.25, 0.3) is 0 Å². The van der Waals surface area contributed by atoms with Crippen LogP contribution < -0.4 is 10.5 Å². The molecule has 0 saturated heterocycles. The number of nitrogens with two attached hydrogens (primary N) is 1. The zero-order valence-electron chi connectivity index (χ0n) is 12.5. The van der Waals surface area contributed by atoms with Crippen LogP contribution >= 0.6 is 0 Å². The molecule has 1 aliphatic heterocycles. The fourth-order valence-corrected chi connectivity index (χ4v) is 2.83. The lowest BCUT2D eigenvalue weighted by molar-refractivity contribution is 0.253. The van der Waals surface area contributed by atoms with Crippen LogP contribution in [0, 0.1) is 0 Å². The maximum atomic E-state index is 5.98. The lowest BCUT2D eigenvalue weighted by Crippen LogP contribution is -2.25. The molecule has 2 aromatic rings. The van der Waals surface area contributed by atoms with E-state index in [0.29, 0.717) is 12.5 Å². The van der Waals surface area contributed by atoms with Gasteiger partial charge in [-0.2, -0.15) is 4.98 Å². The Hall–Kier alpha value is -1.88. The predicted octanol–water partition coefficient (Wildman–Crippen LogP) is 2.63. The molecule has 1 aromatic heterocycles. The van der Waals surface area contributed by atoms with Crippen LogP contribution in [0.2, 0.25) is 0 Å². The van der Waals surface area contributed by atoms with Crippen molar-refractivity contribution in [2.24, 2.45) is 5.73 Å². The number of benzene rings is 1. The van der Waals surface area contributed by atoms with Crippen LogP contribution in [-0.2, 0) is 6.42 Å². The van der Waals surface area contributed by atoms with Crippen LogP contribution in [0.3, 0.4) is 0 Å². The van der Waals surface area contributed by atoms with Gasteiger partial charge in [-0.1, -0.05) is 30.3 Å². The van der Waals surface area contributed by atoms with Crippen LogP contribution in [-0.4, -0.2) is 22.8 Å². The Labute approximate surface area is 124 Å². The Morgan fingerprint density at radius 2 is 2.19 bits per heavy atom. The Balaban J connectivity index is 1.79. The third-order valence-electron chi connectivity index (χ3n) is 4.09. The minimum absolute atomic E-state index is 0.00614. The fraction of sp³-hybridized carbons (Fsp3) is 0.500. The van der Waals surface area contributed by atoms with Crippen molar-refractivity contribution in [3.05, 3.63) is 41.5 Å². The highest BCUT2D eigenvalue weighted by Gasteiger charge is 2.27. The molecule has 1 aromatic carbocycles. The molecule has 0 aliphatic carbocycles. The van der Waals surface area contributed by atoms with E-state index < -0.39 is 0 Å². The number of para-hydroxylation sites is 1. The summed E-state index contributed by atoms with van der Waals surface area (Å²) in [6, 6.07) is 8.09. The number of hydrogen-bond acceptors (Lipinski definition) is 5. The smallest absolute Gasteiger partial charge is 0.231 e. The fourth-order valence-electron chi connectivity index (χ4n) is 2.83. The van der Waals surface area contributed by atoms with E-state index in [4.69, 9.17) is 15.0 Å². The van der Waals surface area contributed by atoms with Gasteiger partial charge in [0, 0.05) is 6.04 Å². The Kier molecular flexibility index (Phi) is 3.92. The Morgan fingerprint density at radius 1 is 1.38 bits per heavy atom. The average Bonchev–Trinajstić information content (AvgIpc) is 2.96. The van der Waals surface area contributed by atoms with Gasteiger partial charge in [-0.15, -0.1) is 0 Å². The van der Waals surface area contributed by atoms with Gasteiger partial charge in [0.2, 0.25) is 5.89 Å². The Morgan fingerprint density at radius 3 is 2.95 bits per heavy atom. The van der Waals surface area contributed by atoms with Crippen LogP contribution in [0.4, 0.5) is 0 Å². The molecule has 3 atom stereocenters. The van der Waals surface area contributed by atoms with Gasteiger partial charge in [0.1, 0.15) is 5.75 Å². The topological polar surface area (TPSA) is 74.2 Å². The van der Waals surface area contributed by atoms with Gasteiger partial charge in [-0.3, -0.25) is 0 Å². The standard InChI is InChI=1S/C16H21N3O2/c1-3-13(10(2)17)16-18-15(19-21-16)12-8-11-6-4-5-7-14(11)20-9-12/h4-7,10,12-13H,3,8-9,17H2,1-2H3. The van der Waals surface area contributed by atoms with Gasteiger partial charge in [-0.05, 0) is 31.4 Å². The normalized spacial score (nSPS) is 20.4. The second-order valence-corrected chi connectivity index (χ2v) is 5.68. The third kappa shape index (κ3) is 2.78. The molecule has 0 spiro atoms. The molecule has 3 unspecified atom stereocenters. The maximum Gasteiger partial charge on any atom is 0.231 e. The molecule has 2 heterocycles. The third-order valence-corrected chi connectivity index (χ3v) is 4.09. The molecule has 21 heavy (non-hydrogen) atoms. The highest BCUT2D eigenvalue weighted by atomic mass is 16.5. The first-order chi connectivity index (χ1) is 10.2. The van der Waals surface area contributed by atoms with E-state index in [0.717, 1.165) is 24.4 Å². The molecule has 0 bridgehead atoms. The summed E-state index contributed by atoms with van der Waals surface area (Å²) in [5.41, 5.74) is 7.17. The number of ether oxygens (including phenoxy) is 1. The summed E-state index contributed by atoms with van der Waals surface area (Å²) in [7, 11) is 0. The van der Waals surface area contributed by atoms with Gasteiger partial charge in [0.05, 0.1) is 18.4 Å². The zero-order valence-corrected chi connectivity index (χ0v) is 12.5. The molecule has 0 saturated carbocycles. The van der Waals surface area contributed by atoms with E-state index in [1.807, 2.05) is 25.1 Å². The number of hydrogen-bond donors (Lipinski definition) is 1. The SMILES string of the molecule is CCC(c1nc(C2COc3ccccc3C2)no1)C(C)N. The van der Waals surface area contributed by atoms with Crippen molar-refractivity contribution >= 4 is 0 Å². The van der Waals surface area contributed by atoms with E-state index in [-0.39, 0.29) is 17.9 Å². The van der Waals surface area contributed by atoms with E-state index in [9.17, 15) is 0 Å². The maximum absolute atomic E-state index is 5.98.